The first-order valence-electron chi connectivity index (χ1n) is 12.4. The average Bonchev–Trinajstić information content (AvgIpc) is 3.61. The maximum atomic E-state index is 15.8. The van der Waals surface area contributed by atoms with Crippen molar-refractivity contribution in [2.45, 2.75) is 50.3 Å². The number of nitrogens with two attached hydrogens (primary N) is 2. The van der Waals surface area contributed by atoms with E-state index in [1.165, 1.54) is 17.2 Å². The van der Waals surface area contributed by atoms with Crippen LogP contribution in [0.4, 0.5) is 16.2 Å². The van der Waals surface area contributed by atoms with Gasteiger partial charge in [-0.3, -0.25) is 28.0 Å². The number of halogens is 1. The number of nitrogens with zero attached hydrogens (tertiary/aromatic N) is 7. The predicted molar refractivity (Wildman–Crippen MR) is 137 cm³/mol. The van der Waals surface area contributed by atoms with Crippen molar-refractivity contribution in [1.29, 1.82) is 0 Å². The summed E-state index contributed by atoms with van der Waals surface area (Å²) >= 11 is 0. The van der Waals surface area contributed by atoms with E-state index in [9.17, 15) is 19.4 Å². The van der Waals surface area contributed by atoms with Crippen molar-refractivity contribution >= 4 is 41.9 Å². The van der Waals surface area contributed by atoms with Gasteiger partial charge in [0.2, 0.25) is 5.95 Å². The number of phosphoric acid groups is 1. The Morgan fingerprint density at radius 2 is 1.95 bits per heavy atom. The molecule has 7 N–H and O–H groups in total. The van der Waals surface area contributed by atoms with E-state index in [0.29, 0.717) is 0 Å². The number of aromatic nitrogens is 8. The van der Waals surface area contributed by atoms with Gasteiger partial charge in [-0.1, -0.05) is 6.92 Å². The van der Waals surface area contributed by atoms with E-state index < -0.39 is 62.8 Å². The molecule has 6 heterocycles. The van der Waals surface area contributed by atoms with Crippen molar-refractivity contribution in [2.75, 3.05) is 24.7 Å². The van der Waals surface area contributed by atoms with Crippen LogP contribution in [0.15, 0.2) is 23.8 Å². The lowest BCUT2D eigenvalue weighted by molar-refractivity contribution is -0.0626. The first-order valence-corrected chi connectivity index (χ1v) is 13.9. The van der Waals surface area contributed by atoms with Crippen LogP contribution in [-0.4, -0.2) is 86.7 Å². The number of ether oxygens (including phenoxy) is 2. The first kappa shape index (κ1) is 27.6. The third-order valence-corrected chi connectivity index (χ3v) is 7.89. The van der Waals surface area contributed by atoms with E-state index in [1.807, 2.05) is 0 Å². The standard InChI is InChI=1S/C21H26FN10O8P/c1-8-2-9(19(34)31-6-28-13-17(31)29-21(24)30-18(13)33)40-41(35,36)38-4-10-14(37-3-8)11(22)20(39-10)32-7-27-12-15(23)25-5-26-16(12)32/h5-11,14,19-20,34H,2-4H2,1H3,(H,35,36)(H2,23,25,26)(H3,24,29,30,33)/t8?,9-,10?,11?,14?,19?,20?/m0/s1. The number of anilines is 2. The molecule has 220 valence electrons. The van der Waals surface area contributed by atoms with Crippen LogP contribution < -0.4 is 17.0 Å². The van der Waals surface area contributed by atoms with E-state index >= 15 is 4.39 Å². The highest BCUT2D eigenvalue weighted by Crippen LogP contribution is 2.49. The zero-order valence-electron chi connectivity index (χ0n) is 21.3. The summed E-state index contributed by atoms with van der Waals surface area (Å²) in [7, 11) is -4.86. The van der Waals surface area contributed by atoms with E-state index in [1.54, 1.807) is 6.92 Å². The number of hydrogen-bond acceptors (Lipinski definition) is 14. The molecule has 18 nitrogen and oxygen atoms in total. The fourth-order valence-electron chi connectivity index (χ4n) is 4.95. The van der Waals surface area contributed by atoms with Gasteiger partial charge in [0.05, 0.1) is 19.3 Å². The van der Waals surface area contributed by atoms with Gasteiger partial charge in [-0.2, -0.15) is 4.98 Å². The van der Waals surface area contributed by atoms with Crippen molar-refractivity contribution < 1.29 is 37.5 Å². The van der Waals surface area contributed by atoms with Crippen LogP contribution in [0, 0.1) is 5.92 Å². The van der Waals surface area contributed by atoms with E-state index in [2.05, 4.69) is 29.9 Å². The summed E-state index contributed by atoms with van der Waals surface area (Å²) in [5.74, 6) is -0.545. The second kappa shape index (κ2) is 10.4. The quantitative estimate of drug-likeness (QED) is 0.192. The molecule has 0 saturated carbocycles. The molecule has 20 heteroatoms. The SMILES string of the molecule is CC1COC2C(COP(=O)(O)O[C@H](C(O)n3cnc4c(=O)[nH]c(N)nc43)C1)OC(n1cnc3c(N)ncnc31)C2F. The Labute approximate surface area is 229 Å². The van der Waals surface area contributed by atoms with Gasteiger partial charge in [0.15, 0.2) is 41.3 Å². The minimum absolute atomic E-state index is 0.0324. The largest absolute Gasteiger partial charge is 0.472 e. The van der Waals surface area contributed by atoms with E-state index in [4.69, 9.17) is 30.0 Å². The van der Waals surface area contributed by atoms with Gasteiger partial charge in [0.25, 0.3) is 5.56 Å². The molecule has 4 aromatic heterocycles. The van der Waals surface area contributed by atoms with Crippen molar-refractivity contribution in [2.24, 2.45) is 5.92 Å². The lowest BCUT2D eigenvalue weighted by Gasteiger charge is -2.27. The number of nitrogen functional groups attached to an aromatic ring is 2. The number of aliphatic hydroxyl groups is 1. The Morgan fingerprint density at radius 3 is 2.76 bits per heavy atom. The Kier molecular flexibility index (Phi) is 6.97. The number of H-pyrrole nitrogens is 1. The molecule has 2 saturated heterocycles. The van der Waals surface area contributed by atoms with Crippen LogP contribution in [0.3, 0.4) is 0 Å². The average molecular weight is 596 g/mol. The molecular weight excluding hydrogens is 570 g/mol. The van der Waals surface area contributed by atoms with Gasteiger partial charge < -0.3 is 30.9 Å². The predicted octanol–water partition coefficient (Wildman–Crippen LogP) is -0.222. The molecule has 0 aromatic carbocycles. The summed E-state index contributed by atoms with van der Waals surface area (Å²) in [6.45, 7) is 1.10. The molecule has 8 atom stereocenters. The number of aromatic amines is 1. The van der Waals surface area contributed by atoms with Gasteiger partial charge in [-0.05, 0) is 12.3 Å². The lowest BCUT2D eigenvalue weighted by atomic mass is 10.0. The molecule has 41 heavy (non-hydrogen) atoms. The molecule has 0 radical (unpaired) electrons. The van der Waals surface area contributed by atoms with Crippen LogP contribution in [0.5, 0.6) is 0 Å². The molecule has 0 aliphatic carbocycles. The van der Waals surface area contributed by atoms with E-state index in [0.717, 1.165) is 10.9 Å². The van der Waals surface area contributed by atoms with Crippen LogP contribution in [-0.2, 0) is 23.1 Å². The maximum Gasteiger partial charge on any atom is 0.472 e. The highest BCUT2D eigenvalue weighted by molar-refractivity contribution is 7.47. The molecular formula is C21H26FN10O8P. The Hall–Kier alpha value is -3.58. The maximum absolute atomic E-state index is 15.8. The van der Waals surface area contributed by atoms with Gasteiger partial charge in [-0.25, -0.2) is 28.9 Å². The van der Waals surface area contributed by atoms with Gasteiger partial charge in [0.1, 0.15) is 30.2 Å². The van der Waals surface area contributed by atoms with Crippen molar-refractivity contribution in [3.63, 3.8) is 0 Å². The summed E-state index contributed by atoms with van der Waals surface area (Å²) in [6.07, 6.45) is -4.73. The Balaban J connectivity index is 1.25. The van der Waals surface area contributed by atoms with Gasteiger partial charge in [0, 0.05) is 6.61 Å². The molecule has 4 aromatic rings. The minimum Gasteiger partial charge on any atom is -0.382 e. The van der Waals surface area contributed by atoms with E-state index in [-0.39, 0.29) is 47.1 Å². The summed E-state index contributed by atoms with van der Waals surface area (Å²) in [5.41, 5.74) is 11.1. The number of nitrogens with one attached hydrogen (secondary N) is 1. The van der Waals surface area contributed by atoms with Crippen LogP contribution >= 0.6 is 7.82 Å². The fraction of sp³-hybridized carbons (Fsp3) is 0.524. The number of fused-ring (bicyclic) bond motifs is 3. The van der Waals surface area contributed by atoms with Crippen LogP contribution in [0.25, 0.3) is 22.3 Å². The normalized spacial score (nSPS) is 32.1. The summed E-state index contributed by atoms with van der Waals surface area (Å²) < 4.78 is 53.5. The van der Waals surface area contributed by atoms with Crippen LogP contribution in [0.2, 0.25) is 0 Å². The highest BCUT2D eigenvalue weighted by atomic mass is 31.2. The summed E-state index contributed by atoms with van der Waals surface area (Å²) in [5, 5.41) is 11.1. The number of hydrogen-bond donors (Lipinski definition) is 5. The van der Waals surface area contributed by atoms with Gasteiger partial charge >= 0.3 is 7.82 Å². The first-order chi connectivity index (χ1) is 19.5. The molecule has 2 aliphatic rings. The van der Waals surface area contributed by atoms with Crippen molar-refractivity contribution in [3.05, 3.63) is 29.3 Å². The fourth-order valence-corrected chi connectivity index (χ4v) is 5.88. The molecule has 2 fully saturated rings. The molecule has 7 unspecified atom stereocenters. The van der Waals surface area contributed by atoms with Crippen LogP contribution in [0.1, 0.15) is 25.8 Å². The molecule has 6 rings (SSSR count). The Morgan fingerprint density at radius 1 is 1.17 bits per heavy atom. The number of aliphatic hydroxyl groups excluding tert-OH is 1. The van der Waals surface area contributed by atoms with Crippen molar-refractivity contribution in [1.82, 2.24) is 39.0 Å². The number of imidazole rings is 2. The summed E-state index contributed by atoms with van der Waals surface area (Å²) in [6, 6.07) is 0. The minimum atomic E-state index is -4.86. The number of phosphoric ester groups is 1. The molecule has 0 amide bonds. The Bertz CT molecular complexity index is 1700. The second-order valence-corrected chi connectivity index (χ2v) is 11.2. The zero-order valence-corrected chi connectivity index (χ0v) is 22.2. The molecule has 0 bridgehead atoms. The zero-order chi connectivity index (χ0) is 29.1. The summed E-state index contributed by atoms with van der Waals surface area (Å²) in [4.78, 5) is 45.0. The third kappa shape index (κ3) is 5.05. The molecule has 2 aliphatic heterocycles. The number of alkyl halides is 1. The van der Waals surface area contributed by atoms with Crippen molar-refractivity contribution in [3.8, 4) is 0 Å². The molecule has 0 spiro atoms. The second-order valence-electron chi connectivity index (χ2n) is 9.83. The smallest absolute Gasteiger partial charge is 0.382 e. The highest BCUT2D eigenvalue weighted by Gasteiger charge is 2.49. The lowest BCUT2D eigenvalue weighted by Crippen LogP contribution is -2.35. The van der Waals surface area contributed by atoms with Gasteiger partial charge in [-0.15, -0.1) is 0 Å². The topological polar surface area (TPSA) is 254 Å². The third-order valence-electron chi connectivity index (χ3n) is 6.87. The monoisotopic (exact) mass is 596 g/mol. The number of rotatable bonds is 3.